The molecule has 2 unspecified atom stereocenters. The van der Waals surface area contributed by atoms with Crippen molar-refractivity contribution in [2.75, 3.05) is 39.3 Å². The Labute approximate surface area is 130 Å². The molecule has 2 N–H and O–H groups in total. The van der Waals surface area contributed by atoms with E-state index in [1.165, 1.54) is 45.2 Å². The van der Waals surface area contributed by atoms with Gasteiger partial charge in [-0.15, -0.1) is 0 Å². The van der Waals surface area contributed by atoms with Crippen LogP contribution in [-0.2, 0) is 4.79 Å². The third kappa shape index (κ3) is 6.79. The molecule has 0 radical (unpaired) electrons. The highest BCUT2D eigenvalue weighted by Gasteiger charge is 2.16. The minimum absolute atomic E-state index is 0.242. The monoisotopic (exact) mass is 295 g/mol. The van der Waals surface area contributed by atoms with Gasteiger partial charge in [-0.05, 0) is 70.1 Å². The van der Waals surface area contributed by atoms with Crippen molar-refractivity contribution in [3.8, 4) is 0 Å². The molecule has 2 heterocycles. The van der Waals surface area contributed by atoms with Crippen molar-refractivity contribution in [1.29, 1.82) is 0 Å². The molecule has 0 spiro atoms. The molecule has 2 aliphatic heterocycles. The molecule has 0 aromatic rings. The molecular weight excluding hydrogens is 262 g/mol. The highest BCUT2D eigenvalue weighted by Crippen LogP contribution is 2.15. The average Bonchev–Trinajstić information content (AvgIpc) is 2.53. The van der Waals surface area contributed by atoms with Crippen LogP contribution in [0.5, 0.6) is 0 Å². The number of nitrogens with one attached hydrogen (secondary N) is 2. The van der Waals surface area contributed by atoms with Crippen LogP contribution in [0.3, 0.4) is 0 Å². The molecule has 0 saturated carbocycles. The van der Waals surface area contributed by atoms with Crippen molar-refractivity contribution in [1.82, 2.24) is 15.5 Å². The summed E-state index contributed by atoms with van der Waals surface area (Å²) in [4.78, 5) is 14.5. The van der Waals surface area contributed by atoms with Crippen LogP contribution in [0.25, 0.3) is 0 Å². The first-order valence-corrected chi connectivity index (χ1v) is 8.94. The standard InChI is InChI=1S/C17H33N3O/c1-15(14-20-10-3-2-4-11-20)12-19-17(21)8-7-16-6-5-9-18-13-16/h15-16,18H,2-14H2,1H3,(H,19,21). The Morgan fingerprint density at radius 3 is 2.81 bits per heavy atom. The van der Waals surface area contributed by atoms with Gasteiger partial charge in [-0.3, -0.25) is 4.79 Å². The molecule has 0 bridgehead atoms. The fourth-order valence-corrected chi connectivity index (χ4v) is 3.53. The Kier molecular flexibility index (Phi) is 7.51. The summed E-state index contributed by atoms with van der Waals surface area (Å²) in [6.07, 6.45) is 8.35. The van der Waals surface area contributed by atoms with Gasteiger partial charge in [0.2, 0.25) is 5.91 Å². The van der Waals surface area contributed by atoms with E-state index in [4.69, 9.17) is 0 Å². The molecule has 2 rings (SSSR count). The zero-order chi connectivity index (χ0) is 14.9. The van der Waals surface area contributed by atoms with Gasteiger partial charge >= 0.3 is 0 Å². The summed E-state index contributed by atoms with van der Waals surface area (Å²) in [5, 5.41) is 6.54. The summed E-state index contributed by atoms with van der Waals surface area (Å²) >= 11 is 0. The summed E-state index contributed by atoms with van der Waals surface area (Å²) in [5.74, 6) is 1.50. The Morgan fingerprint density at radius 2 is 2.10 bits per heavy atom. The Hall–Kier alpha value is -0.610. The van der Waals surface area contributed by atoms with E-state index < -0.39 is 0 Å². The molecule has 2 fully saturated rings. The van der Waals surface area contributed by atoms with Gasteiger partial charge in [-0.25, -0.2) is 0 Å². The van der Waals surface area contributed by atoms with Crippen molar-refractivity contribution in [2.24, 2.45) is 11.8 Å². The second-order valence-corrected chi connectivity index (χ2v) is 7.02. The number of nitrogens with zero attached hydrogens (tertiary/aromatic N) is 1. The van der Waals surface area contributed by atoms with Crippen molar-refractivity contribution in [2.45, 2.75) is 51.9 Å². The summed E-state index contributed by atoms with van der Waals surface area (Å²) in [6.45, 7) is 8.94. The lowest BCUT2D eigenvalue weighted by molar-refractivity contribution is -0.121. The number of hydrogen-bond donors (Lipinski definition) is 2. The van der Waals surface area contributed by atoms with E-state index in [0.717, 1.165) is 32.6 Å². The minimum atomic E-state index is 0.242. The largest absolute Gasteiger partial charge is 0.356 e. The molecule has 0 aromatic carbocycles. The number of likely N-dealkylation sites (tertiary alicyclic amines) is 1. The molecule has 4 nitrogen and oxygen atoms in total. The quantitative estimate of drug-likeness (QED) is 0.755. The highest BCUT2D eigenvalue weighted by atomic mass is 16.1. The SMILES string of the molecule is CC(CNC(=O)CCC1CCCNC1)CN1CCCCC1. The second kappa shape index (κ2) is 9.42. The predicted molar refractivity (Wildman–Crippen MR) is 87.3 cm³/mol. The fraction of sp³-hybridized carbons (Fsp3) is 0.941. The van der Waals surface area contributed by atoms with E-state index in [1.54, 1.807) is 0 Å². The van der Waals surface area contributed by atoms with Crippen molar-refractivity contribution < 1.29 is 4.79 Å². The second-order valence-electron chi connectivity index (χ2n) is 7.02. The van der Waals surface area contributed by atoms with E-state index >= 15 is 0 Å². The van der Waals surface area contributed by atoms with E-state index in [0.29, 0.717) is 18.3 Å². The zero-order valence-electron chi connectivity index (χ0n) is 13.7. The van der Waals surface area contributed by atoms with Gasteiger partial charge in [-0.2, -0.15) is 0 Å². The van der Waals surface area contributed by atoms with Crippen molar-refractivity contribution in [3.05, 3.63) is 0 Å². The molecule has 122 valence electrons. The molecular formula is C17H33N3O. The van der Waals surface area contributed by atoms with Gasteiger partial charge < -0.3 is 15.5 Å². The number of piperidine rings is 2. The van der Waals surface area contributed by atoms with E-state index in [-0.39, 0.29) is 5.91 Å². The number of carbonyl (C=O) groups is 1. The predicted octanol–water partition coefficient (Wildman–Crippen LogP) is 2.00. The number of carbonyl (C=O) groups excluding carboxylic acids is 1. The maximum atomic E-state index is 11.9. The average molecular weight is 295 g/mol. The van der Waals surface area contributed by atoms with Gasteiger partial charge in [0.05, 0.1) is 0 Å². The normalized spacial score (nSPS) is 25.5. The minimum Gasteiger partial charge on any atom is -0.356 e. The van der Waals surface area contributed by atoms with Crippen LogP contribution in [0.15, 0.2) is 0 Å². The van der Waals surface area contributed by atoms with Crippen LogP contribution >= 0.6 is 0 Å². The van der Waals surface area contributed by atoms with Gasteiger partial charge in [0.15, 0.2) is 0 Å². The summed E-state index contributed by atoms with van der Waals surface area (Å²) in [5.41, 5.74) is 0. The third-order valence-corrected chi connectivity index (χ3v) is 4.84. The first-order chi connectivity index (χ1) is 10.2. The summed E-state index contributed by atoms with van der Waals surface area (Å²) in [6, 6.07) is 0. The maximum absolute atomic E-state index is 11.9. The topological polar surface area (TPSA) is 44.4 Å². The molecule has 0 aromatic heterocycles. The van der Waals surface area contributed by atoms with Crippen LogP contribution in [0.1, 0.15) is 51.9 Å². The molecule has 4 heteroatoms. The van der Waals surface area contributed by atoms with E-state index in [1.807, 2.05) is 0 Å². The summed E-state index contributed by atoms with van der Waals surface area (Å²) in [7, 11) is 0. The number of hydrogen-bond acceptors (Lipinski definition) is 3. The maximum Gasteiger partial charge on any atom is 0.220 e. The Bertz CT molecular complexity index is 296. The van der Waals surface area contributed by atoms with E-state index in [9.17, 15) is 4.79 Å². The fourth-order valence-electron chi connectivity index (χ4n) is 3.53. The smallest absolute Gasteiger partial charge is 0.220 e. The first-order valence-electron chi connectivity index (χ1n) is 8.94. The first kappa shape index (κ1) is 16.8. The molecule has 21 heavy (non-hydrogen) atoms. The van der Waals surface area contributed by atoms with Crippen LogP contribution in [0.4, 0.5) is 0 Å². The third-order valence-electron chi connectivity index (χ3n) is 4.84. The molecule has 0 aliphatic carbocycles. The Morgan fingerprint density at radius 1 is 1.29 bits per heavy atom. The lowest BCUT2D eigenvalue weighted by Gasteiger charge is -2.29. The number of amides is 1. The van der Waals surface area contributed by atoms with Crippen LogP contribution in [-0.4, -0.2) is 50.1 Å². The molecule has 2 aliphatic rings. The molecule has 2 saturated heterocycles. The molecule has 1 amide bonds. The van der Waals surface area contributed by atoms with Crippen LogP contribution < -0.4 is 10.6 Å². The van der Waals surface area contributed by atoms with Crippen molar-refractivity contribution in [3.63, 3.8) is 0 Å². The van der Waals surface area contributed by atoms with Gasteiger partial charge in [-0.1, -0.05) is 13.3 Å². The van der Waals surface area contributed by atoms with Gasteiger partial charge in [0.25, 0.3) is 0 Å². The lowest BCUT2D eigenvalue weighted by Crippen LogP contribution is -2.38. The van der Waals surface area contributed by atoms with Gasteiger partial charge in [0.1, 0.15) is 0 Å². The van der Waals surface area contributed by atoms with Gasteiger partial charge in [0, 0.05) is 19.5 Å². The van der Waals surface area contributed by atoms with Crippen LogP contribution in [0, 0.1) is 11.8 Å². The Balaban J connectivity index is 1.52. The highest BCUT2D eigenvalue weighted by molar-refractivity contribution is 5.75. The van der Waals surface area contributed by atoms with Crippen molar-refractivity contribution >= 4 is 5.91 Å². The van der Waals surface area contributed by atoms with Crippen LogP contribution in [0.2, 0.25) is 0 Å². The lowest BCUT2D eigenvalue weighted by atomic mass is 9.94. The zero-order valence-corrected chi connectivity index (χ0v) is 13.7. The summed E-state index contributed by atoms with van der Waals surface area (Å²) < 4.78 is 0. The van der Waals surface area contributed by atoms with E-state index in [2.05, 4.69) is 22.5 Å². The number of rotatable bonds is 7. The molecule has 2 atom stereocenters.